The van der Waals surface area contributed by atoms with E-state index in [1.54, 1.807) is 24.5 Å². The van der Waals surface area contributed by atoms with Crippen molar-refractivity contribution >= 4 is 11.9 Å². The summed E-state index contributed by atoms with van der Waals surface area (Å²) in [6, 6.07) is 17.3. The number of rotatable bonds is 10. The van der Waals surface area contributed by atoms with Crippen LogP contribution in [0.4, 0.5) is 0 Å². The van der Waals surface area contributed by atoms with Crippen LogP contribution < -0.4 is 10.1 Å². The Kier molecular flexibility index (Phi) is 7.91. The lowest BCUT2D eigenvalue weighted by atomic mass is 9.98. The second-order valence-corrected chi connectivity index (χ2v) is 7.88. The number of benzene rings is 2. The summed E-state index contributed by atoms with van der Waals surface area (Å²) in [7, 11) is 0. The van der Waals surface area contributed by atoms with Crippen LogP contribution in [0.3, 0.4) is 0 Å². The average Bonchev–Trinajstić information content (AvgIpc) is 2.79. The van der Waals surface area contributed by atoms with Gasteiger partial charge in [0.15, 0.2) is 0 Å². The second-order valence-electron chi connectivity index (χ2n) is 7.88. The van der Waals surface area contributed by atoms with Crippen molar-refractivity contribution in [3.8, 4) is 17.1 Å². The Morgan fingerprint density at radius 2 is 1.62 bits per heavy atom. The third kappa shape index (κ3) is 6.63. The quantitative estimate of drug-likeness (QED) is 0.488. The number of nitrogens with one attached hydrogen (secondary N) is 1. The van der Waals surface area contributed by atoms with Gasteiger partial charge in [-0.15, -0.1) is 0 Å². The van der Waals surface area contributed by atoms with Gasteiger partial charge in [0.05, 0.1) is 6.42 Å². The van der Waals surface area contributed by atoms with E-state index in [1.165, 1.54) is 0 Å². The van der Waals surface area contributed by atoms with Crippen molar-refractivity contribution in [2.45, 2.75) is 32.8 Å². The van der Waals surface area contributed by atoms with Crippen LogP contribution >= 0.6 is 0 Å². The first-order valence-electron chi connectivity index (χ1n) is 10.6. The second kappa shape index (κ2) is 11.0. The van der Waals surface area contributed by atoms with Crippen molar-refractivity contribution in [3.05, 3.63) is 78.1 Å². The lowest BCUT2D eigenvalue weighted by Crippen LogP contribution is -2.26. The highest BCUT2D eigenvalue weighted by Crippen LogP contribution is 2.27. The molecule has 2 N–H and O–H groups in total. The molecular formula is C25H27N3O4. The maximum atomic E-state index is 12.2. The van der Waals surface area contributed by atoms with Gasteiger partial charge in [-0.1, -0.05) is 56.3 Å². The number of nitrogens with zero attached hydrogens (tertiary/aromatic N) is 2. The minimum absolute atomic E-state index is 0.0886. The summed E-state index contributed by atoms with van der Waals surface area (Å²) < 4.78 is 6.11. The number of aliphatic carboxylic acids is 1. The molecule has 0 fully saturated rings. The fourth-order valence-corrected chi connectivity index (χ4v) is 3.20. The van der Waals surface area contributed by atoms with Crippen molar-refractivity contribution in [3.63, 3.8) is 0 Å². The molecule has 0 aliphatic heterocycles. The molecule has 1 atom stereocenters. The average molecular weight is 434 g/mol. The van der Waals surface area contributed by atoms with Crippen molar-refractivity contribution in [1.82, 2.24) is 15.3 Å². The highest BCUT2D eigenvalue weighted by molar-refractivity contribution is 5.94. The maximum Gasteiger partial charge on any atom is 0.316 e. The number of carbonyl (C=O) groups is 2. The lowest BCUT2D eigenvalue weighted by Gasteiger charge is -2.20. The first kappa shape index (κ1) is 22.9. The molecule has 1 aromatic heterocycles. The summed E-state index contributed by atoms with van der Waals surface area (Å²) in [5, 5.41) is 11.3. The van der Waals surface area contributed by atoms with Gasteiger partial charge in [-0.3, -0.25) is 9.59 Å². The van der Waals surface area contributed by atoms with Crippen LogP contribution in [0, 0.1) is 5.92 Å². The van der Waals surface area contributed by atoms with Gasteiger partial charge < -0.3 is 15.2 Å². The molecule has 0 aliphatic rings. The van der Waals surface area contributed by atoms with Crippen LogP contribution in [0.2, 0.25) is 0 Å². The van der Waals surface area contributed by atoms with E-state index in [-0.39, 0.29) is 25.0 Å². The Morgan fingerprint density at radius 3 is 2.22 bits per heavy atom. The summed E-state index contributed by atoms with van der Waals surface area (Å²) in [4.78, 5) is 31.5. The van der Waals surface area contributed by atoms with E-state index in [1.807, 2.05) is 42.5 Å². The summed E-state index contributed by atoms with van der Waals surface area (Å²) in [5.74, 6) is -0.880. The number of carboxylic acids is 1. The molecule has 0 bridgehead atoms. The van der Waals surface area contributed by atoms with E-state index < -0.39 is 5.97 Å². The van der Waals surface area contributed by atoms with Crippen molar-refractivity contribution in [2.75, 3.05) is 6.54 Å². The number of hydrogen-bond acceptors (Lipinski definition) is 5. The number of carboxylic acid groups (broad SMARTS) is 1. The van der Waals surface area contributed by atoms with Gasteiger partial charge in [0.2, 0.25) is 0 Å². The highest BCUT2D eigenvalue weighted by Gasteiger charge is 2.18. The molecule has 0 saturated carbocycles. The third-order valence-electron chi connectivity index (χ3n) is 4.84. The zero-order valence-electron chi connectivity index (χ0n) is 18.2. The van der Waals surface area contributed by atoms with Gasteiger partial charge in [0.25, 0.3) is 5.91 Å². The van der Waals surface area contributed by atoms with E-state index in [9.17, 15) is 9.59 Å². The Labute approximate surface area is 187 Å². The molecule has 0 aliphatic carbocycles. The van der Waals surface area contributed by atoms with Gasteiger partial charge >= 0.3 is 12.0 Å². The zero-order chi connectivity index (χ0) is 22.9. The highest BCUT2D eigenvalue weighted by atomic mass is 16.5. The minimum Gasteiger partial charge on any atom is -0.481 e. The molecule has 1 amide bonds. The first-order valence-corrected chi connectivity index (χ1v) is 10.6. The zero-order valence-corrected chi connectivity index (χ0v) is 18.2. The van der Waals surface area contributed by atoms with Gasteiger partial charge in [-0.25, -0.2) is 9.97 Å². The molecule has 0 spiro atoms. The Balaban J connectivity index is 1.69. The third-order valence-corrected chi connectivity index (χ3v) is 4.84. The fraction of sp³-hybridized carbons (Fsp3) is 0.280. The van der Waals surface area contributed by atoms with E-state index in [4.69, 9.17) is 9.84 Å². The van der Waals surface area contributed by atoms with E-state index in [0.29, 0.717) is 17.5 Å². The Hall–Kier alpha value is -3.74. The largest absolute Gasteiger partial charge is 0.481 e. The molecule has 7 heteroatoms. The van der Waals surface area contributed by atoms with Crippen LogP contribution in [0.5, 0.6) is 6.01 Å². The number of carbonyl (C=O) groups excluding carboxylic acids is 1. The maximum absolute atomic E-state index is 12.2. The minimum atomic E-state index is -0.951. The van der Waals surface area contributed by atoms with E-state index in [2.05, 4.69) is 29.1 Å². The molecule has 0 radical (unpaired) electrons. The topological polar surface area (TPSA) is 101 Å². The van der Waals surface area contributed by atoms with Crippen LogP contribution in [0.1, 0.15) is 48.7 Å². The molecule has 7 nitrogen and oxygen atoms in total. The van der Waals surface area contributed by atoms with Gasteiger partial charge in [-0.05, 0) is 35.6 Å². The number of ether oxygens (including phenoxy) is 1. The van der Waals surface area contributed by atoms with Crippen molar-refractivity contribution in [2.24, 2.45) is 5.92 Å². The molecule has 1 unspecified atom stereocenters. The van der Waals surface area contributed by atoms with Crippen molar-refractivity contribution in [1.29, 1.82) is 0 Å². The van der Waals surface area contributed by atoms with Gasteiger partial charge in [0.1, 0.15) is 6.10 Å². The standard InChI is InChI=1S/C25H27N3O4/c1-17(2)14-22(19-8-10-20(11-9-19)24(31)26-13-12-23(29)30)32-25-27-15-21(16-28-25)18-6-4-3-5-7-18/h3-11,15-17,22H,12-14H2,1-2H3,(H,26,31)(H,29,30). The van der Waals surface area contributed by atoms with Crippen LogP contribution in [-0.2, 0) is 4.79 Å². The molecule has 0 saturated heterocycles. The van der Waals surface area contributed by atoms with Crippen LogP contribution in [0.15, 0.2) is 67.0 Å². The number of amides is 1. The normalized spacial score (nSPS) is 11.7. The molecule has 3 rings (SSSR count). The summed E-state index contributed by atoms with van der Waals surface area (Å²) >= 11 is 0. The molecular weight excluding hydrogens is 406 g/mol. The smallest absolute Gasteiger partial charge is 0.316 e. The predicted octanol–water partition coefficient (Wildman–Crippen LogP) is 4.51. The van der Waals surface area contributed by atoms with Crippen molar-refractivity contribution < 1.29 is 19.4 Å². The van der Waals surface area contributed by atoms with Gasteiger partial charge in [-0.2, -0.15) is 0 Å². The molecule has 1 heterocycles. The van der Waals surface area contributed by atoms with Crippen LogP contribution in [0.25, 0.3) is 11.1 Å². The molecule has 3 aromatic rings. The van der Waals surface area contributed by atoms with Crippen LogP contribution in [-0.4, -0.2) is 33.5 Å². The summed E-state index contributed by atoms with van der Waals surface area (Å²) in [5.41, 5.74) is 3.33. The lowest BCUT2D eigenvalue weighted by molar-refractivity contribution is -0.136. The summed E-state index contributed by atoms with van der Waals surface area (Å²) in [6.45, 7) is 4.31. The monoisotopic (exact) mass is 433 g/mol. The Morgan fingerprint density at radius 1 is 0.969 bits per heavy atom. The van der Waals surface area contributed by atoms with E-state index in [0.717, 1.165) is 23.1 Å². The number of hydrogen-bond donors (Lipinski definition) is 2. The SMILES string of the molecule is CC(C)CC(Oc1ncc(-c2ccccc2)cn1)c1ccc(C(=O)NCCC(=O)O)cc1. The predicted molar refractivity (Wildman–Crippen MR) is 121 cm³/mol. The first-order chi connectivity index (χ1) is 15.4. The molecule has 32 heavy (non-hydrogen) atoms. The molecule has 2 aromatic carbocycles. The Bertz CT molecular complexity index is 1020. The van der Waals surface area contributed by atoms with E-state index >= 15 is 0 Å². The summed E-state index contributed by atoms with van der Waals surface area (Å²) in [6.07, 6.45) is 3.87. The fourth-order valence-electron chi connectivity index (χ4n) is 3.20. The van der Waals surface area contributed by atoms with Gasteiger partial charge in [0, 0.05) is 30.1 Å². The number of aromatic nitrogens is 2. The molecule has 166 valence electrons.